The first-order chi connectivity index (χ1) is 6.83. The van der Waals surface area contributed by atoms with E-state index in [4.69, 9.17) is 12.2 Å². The third-order valence-corrected chi connectivity index (χ3v) is 2.99. The van der Waals surface area contributed by atoms with Crippen LogP contribution < -0.4 is 10.6 Å². The number of nitrogens with one attached hydrogen (secondary N) is 2. The van der Waals surface area contributed by atoms with Gasteiger partial charge >= 0.3 is 0 Å². The first-order valence-corrected chi connectivity index (χ1v) is 5.86. The van der Waals surface area contributed by atoms with Crippen LogP contribution in [0.3, 0.4) is 0 Å². The Morgan fingerprint density at radius 2 is 2.07 bits per heavy atom. The van der Waals surface area contributed by atoms with Gasteiger partial charge in [-0.1, -0.05) is 18.2 Å². The zero-order chi connectivity index (χ0) is 10.2. The summed E-state index contributed by atoms with van der Waals surface area (Å²) < 4.78 is 0. The molecule has 0 saturated heterocycles. The summed E-state index contributed by atoms with van der Waals surface area (Å²) in [4.78, 5) is 1.30. The third kappa shape index (κ3) is 4.48. The van der Waals surface area contributed by atoms with Crippen molar-refractivity contribution in [2.75, 3.05) is 19.3 Å². The van der Waals surface area contributed by atoms with Crippen molar-refractivity contribution in [2.24, 2.45) is 0 Å². The lowest BCUT2D eigenvalue weighted by Crippen LogP contribution is -2.33. The minimum absolute atomic E-state index is 0.707. The van der Waals surface area contributed by atoms with Crippen LogP contribution in [-0.4, -0.2) is 24.5 Å². The fourth-order valence-electron chi connectivity index (χ4n) is 0.939. The van der Waals surface area contributed by atoms with E-state index in [1.165, 1.54) is 4.90 Å². The van der Waals surface area contributed by atoms with Crippen molar-refractivity contribution in [1.29, 1.82) is 0 Å². The molecule has 0 aliphatic heterocycles. The van der Waals surface area contributed by atoms with Crippen molar-refractivity contribution >= 4 is 29.1 Å². The SMILES string of the molecule is CNC(=S)NCCSc1ccccc1. The highest BCUT2D eigenvalue weighted by Gasteiger charge is 1.93. The van der Waals surface area contributed by atoms with E-state index in [0.717, 1.165) is 12.3 Å². The average molecular weight is 226 g/mol. The van der Waals surface area contributed by atoms with E-state index in [9.17, 15) is 0 Å². The van der Waals surface area contributed by atoms with Gasteiger partial charge in [-0.3, -0.25) is 0 Å². The van der Waals surface area contributed by atoms with Gasteiger partial charge in [-0.05, 0) is 24.4 Å². The molecule has 0 radical (unpaired) electrons. The lowest BCUT2D eigenvalue weighted by molar-refractivity contribution is 0.943. The van der Waals surface area contributed by atoms with Gasteiger partial charge in [0, 0.05) is 24.2 Å². The molecule has 14 heavy (non-hydrogen) atoms. The Morgan fingerprint density at radius 1 is 1.36 bits per heavy atom. The second kappa shape index (κ2) is 6.68. The number of thiocarbonyl (C=S) groups is 1. The van der Waals surface area contributed by atoms with Gasteiger partial charge in [0.15, 0.2) is 5.11 Å². The monoisotopic (exact) mass is 226 g/mol. The van der Waals surface area contributed by atoms with Crippen LogP contribution in [0.25, 0.3) is 0 Å². The molecule has 4 heteroatoms. The second-order valence-corrected chi connectivity index (χ2v) is 4.24. The highest BCUT2D eigenvalue weighted by atomic mass is 32.2. The topological polar surface area (TPSA) is 24.1 Å². The second-order valence-electron chi connectivity index (χ2n) is 2.67. The highest BCUT2D eigenvalue weighted by molar-refractivity contribution is 7.99. The van der Waals surface area contributed by atoms with Crippen LogP contribution >= 0.6 is 24.0 Å². The summed E-state index contributed by atoms with van der Waals surface area (Å²) in [5.41, 5.74) is 0. The van der Waals surface area contributed by atoms with Crippen molar-refractivity contribution < 1.29 is 0 Å². The fourth-order valence-corrected chi connectivity index (χ4v) is 1.83. The van der Waals surface area contributed by atoms with Crippen LogP contribution in [0.1, 0.15) is 0 Å². The van der Waals surface area contributed by atoms with Crippen LogP contribution in [0.4, 0.5) is 0 Å². The van der Waals surface area contributed by atoms with E-state index in [0.29, 0.717) is 5.11 Å². The molecule has 1 aromatic carbocycles. The lowest BCUT2D eigenvalue weighted by Gasteiger charge is -2.06. The van der Waals surface area contributed by atoms with Crippen LogP contribution in [0.2, 0.25) is 0 Å². The van der Waals surface area contributed by atoms with Crippen molar-refractivity contribution in [2.45, 2.75) is 4.90 Å². The third-order valence-electron chi connectivity index (χ3n) is 1.63. The number of hydrogen-bond acceptors (Lipinski definition) is 2. The molecule has 0 aliphatic rings. The molecule has 76 valence electrons. The first kappa shape index (κ1) is 11.3. The summed E-state index contributed by atoms with van der Waals surface area (Å²) in [5.74, 6) is 1.02. The Morgan fingerprint density at radius 3 is 2.71 bits per heavy atom. The van der Waals surface area contributed by atoms with E-state index in [1.54, 1.807) is 0 Å². The van der Waals surface area contributed by atoms with Crippen LogP contribution in [0.15, 0.2) is 35.2 Å². The largest absolute Gasteiger partial charge is 0.366 e. The Labute approximate surface area is 94.5 Å². The van der Waals surface area contributed by atoms with E-state index in [-0.39, 0.29) is 0 Å². The summed E-state index contributed by atoms with van der Waals surface area (Å²) in [6.07, 6.45) is 0. The van der Waals surface area contributed by atoms with E-state index < -0.39 is 0 Å². The van der Waals surface area contributed by atoms with Crippen LogP contribution in [-0.2, 0) is 0 Å². The zero-order valence-electron chi connectivity index (χ0n) is 8.12. The van der Waals surface area contributed by atoms with Crippen molar-refractivity contribution in [3.8, 4) is 0 Å². The maximum absolute atomic E-state index is 4.95. The van der Waals surface area contributed by atoms with E-state index in [2.05, 4.69) is 22.8 Å². The molecule has 0 heterocycles. The molecule has 0 spiro atoms. The maximum Gasteiger partial charge on any atom is 0.166 e. The smallest absolute Gasteiger partial charge is 0.166 e. The number of benzene rings is 1. The van der Waals surface area contributed by atoms with Gasteiger partial charge in [-0.2, -0.15) is 0 Å². The fraction of sp³-hybridized carbons (Fsp3) is 0.300. The van der Waals surface area contributed by atoms with E-state index in [1.807, 2.05) is 37.0 Å². The van der Waals surface area contributed by atoms with Gasteiger partial charge in [0.1, 0.15) is 0 Å². The molecule has 0 aromatic heterocycles. The Kier molecular flexibility index (Phi) is 5.40. The molecule has 0 bridgehead atoms. The molecule has 0 atom stereocenters. The summed E-state index contributed by atoms with van der Waals surface area (Å²) in [6, 6.07) is 10.3. The van der Waals surface area contributed by atoms with E-state index >= 15 is 0 Å². The van der Waals surface area contributed by atoms with Gasteiger partial charge in [-0.15, -0.1) is 11.8 Å². The molecule has 2 N–H and O–H groups in total. The van der Waals surface area contributed by atoms with Gasteiger partial charge in [0.25, 0.3) is 0 Å². The minimum Gasteiger partial charge on any atom is -0.366 e. The molecule has 1 aromatic rings. The van der Waals surface area contributed by atoms with Crippen molar-refractivity contribution in [3.05, 3.63) is 30.3 Å². The summed E-state index contributed by atoms with van der Waals surface area (Å²) in [5, 5.41) is 6.68. The zero-order valence-corrected chi connectivity index (χ0v) is 9.75. The molecule has 0 amide bonds. The molecular formula is C10H14N2S2. The maximum atomic E-state index is 4.95. The van der Waals surface area contributed by atoms with Crippen molar-refractivity contribution in [1.82, 2.24) is 10.6 Å². The molecule has 2 nitrogen and oxygen atoms in total. The quantitative estimate of drug-likeness (QED) is 0.465. The predicted octanol–water partition coefficient (Wildman–Crippen LogP) is 1.87. The lowest BCUT2D eigenvalue weighted by atomic mass is 10.4. The molecule has 0 aliphatic carbocycles. The summed E-state index contributed by atoms with van der Waals surface area (Å²) in [6.45, 7) is 0.888. The highest BCUT2D eigenvalue weighted by Crippen LogP contribution is 2.15. The normalized spacial score (nSPS) is 9.50. The molecule has 1 rings (SSSR count). The van der Waals surface area contributed by atoms with Crippen molar-refractivity contribution in [3.63, 3.8) is 0 Å². The first-order valence-electron chi connectivity index (χ1n) is 4.46. The standard InChI is InChI=1S/C10H14N2S2/c1-11-10(13)12-7-8-14-9-5-3-2-4-6-9/h2-6H,7-8H2,1H3,(H2,11,12,13). The van der Waals surface area contributed by atoms with Gasteiger partial charge in [-0.25, -0.2) is 0 Å². The number of thioether (sulfide) groups is 1. The van der Waals surface area contributed by atoms with Gasteiger partial charge < -0.3 is 10.6 Å². The summed E-state index contributed by atoms with van der Waals surface area (Å²) in [7, 11) is 1.82. The molecule has 0 saturated carbocycles. The predicted molar refractivity (Wildman–Crippen MR) is 66.8 cm³/mol. The minimum atomic E-state index is 0.707. The molecule has 0 unspecified atom stereocenters. The molecular weight excluding hydrogens is 212 g/mol. The Bertz CT molecular complexity index is 275. The number of rotatable bonds is 4. The Hall–Kier alpha value is -0.740. The average Bonchev–Trinajstić information content (AvgIpc) is 2.25. The van der Waals surface area contributed by atoms with Gasteiger partial charge in [0.2, 0.25) is 0 Å². The molecule has 0 fully saturated rings. The van der Waals surface area contributed by atoms with Crippen LogP contribution in [0.5, 0.6) is 0 Å². The van der Waals surface area contributed by atoms with Gasteiger partial charge in [0.05, 0.1) is 0 Å². The van der Waals surface area contributed by atoms with Crippen LogP contribution in [0, 0.1) is 0 Å². The summed E-state index contributed by atoms with van der Waals surface area (Å²) >= 11 is 6.78. The number of hydrogen-bond donors (Lipinski definition) is 2. The Balaban J connectivity index is 2.13.